The number of nitrogens with zero attached hydrogens (tertiary/aromatic N) is 2. The third-order valence-electron chi connectivity index (χ3n) is 3.48. The summed E-state index contributed by atoms with van der Waals surface area (Å²) in [5.74, 6) is 1.89. The fourth-order valence-electron chi connectivity index (χ4n) is 2.35. The molecule has 0 atom stereocenters. The standard InChI is InChI=1S/C20H13N2O3.Pt/c23-17-8-3-5-14-10-11-19(22-20(14)17)25-16-7-4-6-15(13-16)24-18-9-1-2-12-21-18;/h1-12,23H;/q-1;. The number of hydrogen-bond donors (Lipinski definition) is 1. The van der Waals surface area contributed by atoms with Crippen LogP contribution in [0.3, 0.4) is 0 Å². The Labute approximate surface area is 164 Å². The zero-order valence-corrected chi connectivity index (χ0v) is 15.7. The Bertz CT molecular complexity index is 1030. The predicted octanol–water partition coefficient (Wildman–Crippen LogP) is 4.72. The average molecular weight is 524 g/mol. The van der Waals surface area contributed by atoms with Crippen LogP contribution in [0.5, 0.6) is 29.0 Å². The van der Waals surface area contributed by atoms with Gasteiger partial charge in [-0.3, -0.25) is 0 Å². The van der Waals surface area contributed by atoms with Crippen molar-refractivity contribution in [1.29, 1.82) is 0 Å². The first-order chi connectivity index (χ1) is 12.3. The molecule has 0 unspecified atom stereocenters. The van der Waals surface area contributed by atoms with Crippen molar-refractivity contribution in [2.24, 2.45) is 0 Å². The average Bonchev–Trinajstić information content (AvgIpc) is 2.64. The van der Waals surface area contributed by atoms with E-state index in [4.69, 9.17) is 9.47 Å². The number of pyridine rings is 2. The van der Waals surface area contributed by atoms with Crippen molar-refractivity contribution in [2.45, 2.75) is 0 Å². The molecule has 2 aromatic carbocycles. The van der Waals surface area contributed by atoms with Gasteiger partial charge in [0.05, 0.1) is 0 Å². The molecule has 0 radical (unpaired) electrons. The van der Waals surface area contributed by atoms with E-state index in [0.29, 0.717) is 28.8 Å². The molecule has 0 aliphatic rings. The summed E-state index contributed by atoms with van der Waals surface area (Å²) in [6, 6.07) is 22.6. The van der Waals surface area contributed by atoms with Crippen LogP contribution in [-0.4, -0.2) is 15.1 Å². The van der Waals surface area contributed by atoms with Crippen molar-refractivity contribution in [3.63, 3.8) is 0 Å². The Kier molecular flexibility index (Phi) is 5.49. The summed E-state index contributed by atoms with van der Waals surface area (Å²) in [5.41, 5.74) is 0.487. The molecule has 26 heavy (non-hydrogen) atoms. The second-order valence-corrected chi connectivity index (χ2v) is 5.25. The second-order valence-electron chi connectivity index (χ2n) is 5.25. The molecule has 1 N–H and O–H groups in total. The number of phenols is 1. The molecule has 0 spiro atoms. The van der Waals surface area contributed by atoms with Gasteiger partial charge in [0.15, 0.2) is 0 Å². The number of hydrogen-bond acceptors (Lipinski definition) is 5. The predicted molar refractivity (Wildman–Crippen MR) is 93.1 cm³/mol. The molecule has 6 heteroatoms. The van der Waals surface area contributed by atoms with Gasteiger partial charge in [-0.05, 0) is 18.2 Å². The molecule has 4 rings (SSSR count). The molecule has 132 valence electrons. The molecule has 0 saturated heterocycles. The van der Waals surface area contributed by atoms with Crippen LogP contribution in [0.2, 0.25) is 0 Å². The van der Waals surface area contributed by atoms with Crippen LogP contribution in [0, 0.1) is 6.07 Å². The molecule has 0 aliphatic heterocycles. The first kappa shape index (κ1) is 17.9. The van der Waals surface area contributed by atoms with E-state index in [2.05, 4.69) is 16.0 Å². The van der Waals surface area contributed by atoms with Crippen molar-refractivity contribution < 1.29 is 35.6 Å². The minimum absolute atomic E-state index is 0. The van der Waals surface area contributed by atoms with Crippen LogP contribution in [-0.2, 0) is 21.1 Å². The molecule has 0 aliphatic carbocycles. The summed E-state index contributed by atoms with van der Waals surface area (Å²) in [6.45, 7) is 0. The van der Waals surface area contributed by atoms with E-state index in [1.807, 2.05) is 24.3 Å². The van der Waals surface area contributed by atoms with E-state index in [9.17, 15) is 5.11 Å². The van der Waals surface area contributed by atoms with Gasteiger partial charge >= 0.3 is 0 Å². The zero-order valence-electron chi connectivity index (χ0n) is 13.4. The molecule has 2 aromatic heterocycles. The van der Waals surface area contributed by atoms with E-state index < -0.39 is 0 Å². The van der Waals surface area contributed by atoms with Crippen molar-refractivity contribution in [2.75, 3.05) is 0 Å². The molecular weight excluding hydrogens is 511 g/mol. The number of aromatic nitrogens is 2. The van der Waals surface area contributed by atoms with Crippen LogP contribution in [0.4, 0.5) is 0 Å². The van der Waals surface area contributed by atoms with Crippen LogP contribution in [0.25, 0.3) is 10.9 Å². The minimum atomic E-state index is 0. The van der Waals surface area contributed by atoms with Crippen molar-refractivity contribution in [3.8, 4) is 29.0 Å². The first-order valence-corrected chi connectivity index (χ1v) is 7.66. The Hall–Kier alpha value is -2.91. The summed E-state index contributed by atoms with van der Waals surface area (Å²) in [5, 5.41) is 10.8. The van der Waals surface area contributed by atoms with Gasteiger partial charge in [0.1, 0.15) is 11.3 Å². The van der Waals surface area contributed by atoms with E-state index in [1.165, 1.54) is 0 Å². The summed E-state index contributed by atoms with van der Waals surface area (Å²) in [7, 11) is 0. The Morgan fingerprint density at radius 2 is 1.54 bits per heavy atom. The molecule has 0 saturated carbocycles. The summed E-state index contributed by atoms with van der Waals surface area (Å²) >= 11 is 0. The van der Waals surface area contributed by atoms with E-state index in [-0.39, 0.29) is 26.8 Å². The number of benzene rings is 2. The number of phenolic OH excluding ortho intramolecular Hbond substituents is 1. The number of rotatable bonds is 4. The molecule has 2 heterocycles. The van der Waals surface area contributed by atoms with Gasteiger partial charge in [0.25, 0.3) is 0 Å². The topological polar surface area (TPSA) is 64.5 Å². The number of fused-ring (bicyclic) bond motifs is 1. The van der Waals surface area contributed by atoms with Gasteiger partial charge in [-0.1, -0.05) is 24.3 Å². The Morgan fingerprint density at radius 3 is 2.31 bits per heavy atom. The van der Waals surface area contributed by atoms with Gasteiger partial charge < -0.3 is 14.6 Å². The quantitative estimate of drug-likeness (QED) is 0.392. The maximum atomic E-state index is 9.92. The minimum Gasteiger partial charge on any atom is -0.506 e. The molecule has 4 aromatic rings. The van der Waals surface area contributed by atoms with Crippen molar-refractivity contribution in [3.05, 3.63) is 79.0 Å². The number of ether oxygens (including phenoxy) is 2. The zero-order chi connectivity index (χ0) is 17.1. The van der Waals surface area contributed by atoms with Gasteiger partial charge in [0, 0.05) is 56.3 Å². The van der Waals surface area contributed by atoms with Crippen LogP contribution < -0.4 is 9.47 Å². The maximum Gasteiger partial charge on any atom is 0.217 e. The van der Waals surface area contributed by atoms with Crippen LogP contribution in [0.1, 0.15) is 0 Å². The van der Waals surface area contributed by atoms with Crippen molar-refractivity contribution in [1.82, 2.24) is 9.97 Å². The van der Waals surface area contributed by atoms with Gasteiger partial charge in [-0.25, -0.2) is 9.97 Å². The second kappa shape index (κ2) is 7.98. The SMILES string of the molecule is Oc1cccc2ccc(Oc3[c-]c(Oc4ccccn4)ccc3)nc12.[Pt]. The normalized spacial score (nSPS) is 10.2. The smallest absolute Gasteiger partial charge is 0.217 e. The molecule has 0 fully saturated rings. The van der Waals surface area contributed by atoms with Crippen LogP contribution in [0.15, 0.2) is 72.9 Å². The largest absolute Gasteiger partial charge is 0.506 e. The Morgan fingerprint density at radius 1 is 0.769 bits per heavy atom. The van der Waals surface area contributed by atoms with Gasteiger partial charge in [0.2, 0.25) is 11.8 Å². The molecule has 5 nitrogen and oxygen atoms in total. The molecule has 0 amide bonds. The van der Waals surface area contributed by atoms with Crippen molar-refractivity contribution >= 4 is 10.9 Å². The fourth-order valence-corrected chi connectivity index (χ4v) is 2.35. The third-order valence-corrected chi connectivity index (χ3v) is 3.48. The Balaban J connectivity index is 0.00000196. The monoisotopic (exact) mass is 524 g/mol. The summed E-state index contributed by atoms with van der Waals surface area (Å²) in [6.07, 6.45) is 1.65. The third kappa shape index (κ3) is 4.01. The number of para-hydroxylation sites is 1. The van der Waals surface area contributed by atoms with E-state index >= 15 is 0 Å². The fraction of sp³-hybridized carbons (Fsp3) is 0. The summed E-state index contributed by atoms with van der Waals surface area (Å²) in [4.78, 5) is 8.45. The molecular formula is C20H13N2O3Pt-. The van der Waals surface area contributed by atoms with E-state index in [1.54, 1.807) is 48.7 Å². The van der Waals surface area contributed by atoms with Gasteiger partial charge in [-0.15, -0.1) is 12.1 Å². The van der Waals surface area contributed by atoms with E-state index in [0.717, 1.165) is 5.39 Å². The number of aromatic hydroxyl groups is 1. The van der Waals surface area contributed by atoms with Crippen LogP contribution >= 0.6 is 0 Å². The first-order valence-electron chi connectivity index (χ1n) is 7.66. The maximum absolute atomic E-state index is 9.92. The summed E-state index contributed by atoms with van der Waals surface area (Å²) < 4.78 is 11.4. The molecule has 0 bridgehead atoms. The van der Waals surface area contributed by atoms with Gasteiger partial charge in [-0.2, -0.15) is 6.07 Å².